The summed E-state index contributed by atoms with van der Waals surface area (Å²) in [4.78, 5) is 31.1. The van der Waals surface area contributed by atoms with Crippen molar-refractivity contribution in [2.24, 2.45) is 0 Å². The number of ether oxygens (including phenoxy) is 1. The van der Waals surface area contributed by atoms with E-state index < -0.39 is 17.7 Å². The average molecular weight is 424 g/mol. The Morgan fingerprint density at radius 3 is 2.29 bits per heavy atom. The van der Waals surface area contributed by atoms with Gasteiger partial charge in [-0.05, 0) is 29.8 Å². The molecular weight excluding hydrogens is 394 g/mol. The van der Waals surface area contributed by atoms with Crippen LogP contribution in [0.5, 0.6) is 0 Å². The standard InChI is InChI=1S/C24H29N3O4/c1-25(2)20-10-8-19(9-11-20)22(28)27-21(23(29)30)17-31-24(27)12-14-26(15-13-24)16-18-6-4-3-5-7-18/h3-11,21H,12-17H2,1-2H3,(H,29,30). The molecule has 0 bridgehead atoms. The van der Waals surface area contributed by atoms with E-state index in [2.05, 4.69) is 17.0 Å². The van der Waals surface area contributed by atoms with E-state index in [4.69, 9.17) is 4.74 Å². The van der Waals surface area contributed by atoms with Crippen LogP contribution < -0.4 is 4.90 Å². The Bertz CT molecular complexity index is 922. The van der Waals surface area contributed by atoms with Crippen LogP contribution in [0.3, 0.4) is 0 Å². The third-order valence-corrected chi connectivity index (χ3v) is 6.28. The zero-order valence-electron chi connectivity index (χ0n) is 18.0. The maximum Gasteiger partial charge on any atom is 0.328 e. The van der Waals surface area contributed by atoms with Gasteiger partial charge in [0.05, 0.1) is 6.61 Å². The number of nitrogens with zero attached hydrogens (tertiary/aromatic N) is 3. The lowest BCUT2D eigenvalue weighted by Crippen LogP contribution is -2.58. The van der Waals surface area contributed by atoms with E-state index in [1.165, 1.54) is 10.5 Å². The molecule has 2 aliphatic rings. The van der Waals surface area contributed by atoms with Gasteiger partial charge in [-0.1, -0.05) is 30.3 Å². The van der Waals surface area contributed by atoms with Gasteiger partial charge in [-0.15, -0.1) is 0 Å². The van der Waals surface area contributed by atoms with Crippen molar-refractivity contribution in [3.63, 3.8) is 0 Å². The van der Waals surface area contributed by atoms with Crippen LogP contribution in [0.25, 0.3) is 0 Å². The van der Waals surface area contributed by atoms with E-state index in [1.807, 2.05) is 49.3 Å². The predicted octanol–water partition coefficient (Wildman–Crippen LogP) is 2.67. The number of hydrogen-bond donors (Lipinski definition) is 1. The molecule has 0 saturated carbocycles. The summed E-state index contributed by atoms with van der Waals surface area (Å²) in [6.45, 7) is 2.34. The van der Waals surface area contributed by atoms with Gasteiger partial charge in [-0.25, -0.2) is 4.79 Å². The molecule has 0 aliphatic carbocycles. The van der Waals surface area contributed by atoms with Crippen LogP contribution >= 0.6 is 0 Å². The molecule has 0 radical (unpaired) electrons. The molecule has 31 heavy (non-hydrogen) atoms. The Kier molecular flexibility index (Phi) is 5.98. The number of hydrogen-bond acceptors (Lipinski definition) is 5. The molecule has 2 aromatic carbocycles. The van der Waals surface area contributed by atoms with E-state index in [9.17, 15) is 14.7 Å². The van der Waals surface area contributed by atoms with Crippen LogP contribution in [0.15, 0.2) is 54.6 Å². The Morgan fingerprint density at radius 2 is 1.71 bits per heavy atom. The molecule has 0 aromatic heterocycles. The Balaban J connectivity index is 1.53. The lowest BCUT2D eigenvalue weighted by atomic mass is 9.96. The summed E-state index contributed by atoms with van der Waals surface area (Å²) in [5.74, 6) is -1.31. The van der Waals surface area contributed by atoms with Gasteiger partial charge in [0.15, 0.2) is 6.04 Å². The minimum atomic E-state index is -1.03. The fourth-order valence-corrected chi connectivity index (χ4v) is 4.50. The lowest BCUT2D eigenvalue weighted by molar-refractivity contribution is -0.144. The van der Waals surface area contributed by atoms with Gasteiger partial charge in [0, 0.05) is 57.8 Å². The number of carbonyl (C=O) groups excluding carboxylic acids is 1. The molecule has 1 amide bonds. The summed E-state index contributed by atoms with van der Waals surface area (Å²) in [5, 5.41) is 9.77. The van der Waals surface area contributed by atoms with Crippen LogP contribution in [0.2, 0.25) is 0 Å². The van der Waals surface area contributed by atoms with E-state index in [1.54, 1.807) is 12.1 Å². The molecule has 2 heterocycles. The van der Waals surface area contributed by atoms with Crippen LogP contribution in [-0.2, 0) is 16.1 Å². The van der Waals surface area contributed by atoms with Crippen molar-refractivity contribution in [3.8, 4) is 0 Å². The number of anilines is 1. The van der Waals surface area contributed by atoms with Crippen molar-refractivity contribution >= 4 is 17.6 Å². The smallest absolute Gasteiger partial charge is 0.328 e. The molecular formula is C24H29N3O4. The predicted molar refractivity (Wildman–Crippen MR) is 118 cm³/mol. The zero-order chi connectivity index (χ0) is 22.0. The van der Waals surface area contributed by atoms with Crippen molar-refractivity contribution in [1.82, 2.24) is 9.80 Å². The van der Waals surface area contributed by atoms with Crippen molar-refractivity contribution in [1.29, 1.82) is 0 Å². The first kappa shape index (κ1) is 21.3. The molecule has 1 atom stereocenters. The number of piperidine rings is 1. The number of carbonyl (C=O) groups is 2. The third-order valence-electron chi connectivity index (χ3n) is 6.28. The molecule has 164 valence electrons. The molecule has 2 saturated heterocycles. The maximum atomic E-state index is 13.4. The normalized spacial score (nSPS) is 20.7. The van der Waals surface area contributed by atoms with Crippen LogP contribution in [0.4, 0.5) is 5.69 Å². The number of likely N-dealkylation sites (tertiary alicyclic amines) is 1. The first-order valence-electron chi connectivity index (χ1n) is 10.6. The quantitative estimate of drug-likeness (QED) is 0.797. The minimum Gasteiger partial charge on any atom is -0.480 e. The average Bonchev–Trinajstić information content (AvgIpc) is 3.15. The van der Waals surface area contributed by atoms with Crippen molar-refractivity contribution in [2.45, 2.75) is 31.2 Å². The number of amides is 1. The Labute approximate surface area is 182 Å². The van der Waals surface area contributed by atoms with E-state index >= 15 is 0 Å². The highest BCUT2D eigenvalue weighted by molar-refractivity contribution is 5.97. The molecule has 4 rings (SSSR count). The first-order valence-corrected chi connectivity index (χ1v) is 10.6. The van der Waals surface area contributed by atoms with Gasteiger partial charge in [-0.2, -0.15) is 0 Å². The lowest BCUT2D eigenvalue weighted by Gasteiger charge is -2.44. The van der Waals surface area contributed by atoms with Gasteiger partial charge in [0.25, 0.3) is 5.91 Å². The van der Waals surface area contributed by atoms with E-state index in [-0.39, 0.29) is 12.5 Å². The second kappa shape index (κ2) is 8.69. The second-order valence-electron chi connectivity index (χ2n) is 8.49. The largest absolute Gasteiger partial charge is 0.480 e. The van der Waals surface area contributed by atoms with Crippen LogP contribution in [0.1, 0.15) is 28.8 Å². The summed E-state index contributed by atoms with van der Waals surface area (Å²) in [6.07, 6.45) is 1.18. The number of aliphatic carboxylic acids is 1. The molecule has 2 fully saturated rings. The maximum absolute atomic E-state index is 13.4. The first-order chi connectivity index (χ1) is 14.9. The summed E-state index contributed by atoms with van der Waals surface area (Å²) >= 11 is 0. The van der Waals surface area contributed by atoms with Crippen molar-refractivity contribution in [3.05, 3.63) is 65.7 Å². The van der Waals surface area contributed by atoms with E-state index in [0.29, 0.717) is 18.4 Å². The molecule has 2 aliphatic heterocycles. The SMILES string of the molecule is CN(C)c1ccc(C(=O)N2C(C(=O)O)COC23CCN(Cc2ccccc2)CC3)cc1. The molecule has 1 unspecified atom stereocenters. The highest BCUT2D eigenvalue weighted by Gasteiger charge is 2.54. The molecule has 7 heteroatoms. The fourth-order valence-electron chi connectivity index (χ4n) is 4.50. The molecule has 1 N–H and O–H groups in total. The topological polar surface area (TPSA) is 73.3 Å². The van der Waals surface area contributed by atoms with Gasteiger partial charge < -0.3 is 14.7 Å². The number of carboxylic acids is 1. The third kappa shape index (κ3) is 4.29. The highest BCUT2D eigenvalue weighted by atomic mass is 16.5. The minimum absolute atomic E-state index is 0.0234. The number of rotatable bonds is 5. The van der Waals surface area contributed by atoms with E-state index in [0.717, 1.165) is 25.3 Å². The number of benzene rings is 2. The van der Waals surface area contributed by atoms with Gasteiger partial charge in [0.2, 0.25) is 0 Å². The second-order valence-corrected chi connectivity index (χ2v) is 8.49. The fraction of sp³-hybridized carbons (Fsp3) is 0.417. The molecule has 2 aromatic rings. The van der Waals surface area contributed by atoms with Crippen LogP contribution in [0, 0.1) is 0 Å². The number of carboxylic acid groups (broad SMARTS) is 1. The van der Waals surface area contributed by atoms with Gasteiger partial charge in [-0.3, -0.25) is 14.6 Å². The van der Waals surface area contributed by atoms with Gasteiger partial charge >= 0.3 is 5.97 Å². The zero-order valence-corrected chi connectivity index (χ0v) is 18.0. The highest BCUT2D eigenvalue weighted by Crippen LogP contribution is 2.39. The summed E-state index contributed by atoms with van der Waals surface area (Å²) < 4.78 is 6.06. The Morgan fingerprint density at radius 1 is 1.06 bits per heavy atom. The van der Waals surface area contributed by atoms with Gasteiger partial charge in [0.1, 0.15) is 5.72 Å². The summed E-state index contributed by atoms with van der Waals surface area (Å²) in [5.41, 5.74) is 1.83. The molecule has 7 nitrogen and oxygen atoms in total. The Hall–Kier alpha value is -2.90. The molecule has 1 spiro atoms. The monoisotopic (exact) mass is 423 g/mol. The van der Waals surface area contributed by atoms with Crippen molar-refractivity contribution in [2.75, 3.05) is 38.7 Å². The van der Waals surface area contributed by atoms with Crippen molar-refractivity contribution < 1.29 is 19.4 Å². The summed E-state index contributed by atoms with van der Waals surface area (Å²) in [6, 6.07) is 16.5. The summed E-state index contributed by atoms with van der Waals surface area (Å²) in [7, 11) is 3.87. The van der Waals surface area contributed by atoms with Crippen LogP contribution in [-0.4, -0.2) is 72.3 Å².